The van der Waals surface area contributed by atoms with Crippen molar-refractivity contribution in [2.75, 3.05) is 6.26 Å². The lowest BCUT2D eigenvalue weighted by atomic mass is 10.3. The van der Waals surface area contributed by atoms with Gasteiger partial charge in [-0.2, -0.15) is 4.98 Å². The number of ether oxygens (including phenoxy) is 1. The monoisotopic (exact) mass is 301 g/mol. The number of aromatic nitrogens is 3. The molecule has 1 aliphatic rings. The third kappa shape index (κ3) is 2.28. The van der Waals surface area contributed by atoms with Crippen molar-refractivity contribution < 1.29 is 9.13 Å². The van der Waals surface area contributed by atoms with Gasteiger partial charge >= 0.3 is 0 Å². The molecule has 8 heteroatoms. The van der Waals surface area contributed by atoms with Crippen LogP contribution < -0.4 is 10.3 Å². The number of fused-ring (bicyclic) bond motifs is 1. The molecule has 0 atom stereocenters. The summed E-state index contributed by atoms with van der Waals surface area (Å²) in [5.74, 6) is -0.758. The Labute approximate surface area is 116 Å². The van der Waals surface area contributed by atoms with Crippen LogP contribution in [0.5, 0.6) is 5.88 Å². The Hall–Kier alpha value is -1.34. The van der Waals surface area contributed by atoms with Crippen molar-refractivity contribution in [2.45, 2.75) is 24.1 Å². The van der Waals surface area contributed by atoms with Crippen LogP contribution >= 0.6 is 23.4 Å². The molecular formula is C11H9ClFN3O2S. The van der Waals surface area contributed by atoms with Gasteiger partial charge in [0.1, 0.15) is 17.0 Å². The summed E-state index contributed by atoms with van der Waals surface area (Å²) in [6.07, 6.45) is 3.54. The van der Waals surface area contributed by atoms with E-state index in [9.17, 15) is 9.18 Å². The van der Waals surface area contributed by atoms with Crippen molar-refractivity contribution >= 4 is 34.3 Å². The highest BCUT2D eigenvalue weighted by atomic mass is 35.5. The highest BCUT2D eigenvalue weighted by Crippen LogP contribution is 2.32. The van der Waals surface area contributed by atoms with Gasteiger partial charge in [-0.1, -0.05) is 23.4 Å². The SMILES string of the molecule is CSc1nc2c(F)c(Cl)nc(OC3CC3)c2c(=O)[nH]1. The lowest BCUT2D eigenvalue weighted by Crippen LogP contribution is -2.13. The largest absolute Gasteiger partial charge is 0.474 e. The van der Waals surface area contributed by atoms with Gasteiger partial charge in [-0.15, -0.1) is 0 Å². The van der Waals surface area contributed by atoms with Gasteiger partial charge < -0.3 is 9.72 Å². The molecule has 0 spiro atoms. The minimum atomic E-state index is -0.804. The molecule has 100 valence electrons. The first kappa shape index (κ1) is 12.7. The Morgan fingerprint density at radius 3 is 2.84 bits per heavy atom. The van der Waals surface area contributed by atoms with Crippen LogP contribution in [0.1, 0.15) is 12.8 Å². The second-order valence-electron chi connectivity index (χ2n) is 4.14. The van der Waals surface area contributed by atoms with Gasteiger partial charge in [-0.05, 0) is 19.1 Å². The summed E-state index contributed by atoms with van der Waals surface area (Å²) in [5.41, 5.74) is -0.586. The molecule has 5 nitrogen and oxygen atoms in total. The predicted molar refractivity (Wildman–Crippen MR) is 70.6 cm³/mol. The van der Waals surface area contributed by atoms with E-state index in [1.54, 1.807) is 6.26 Å². The number of rotatable bonds is 3. The van der Waals surface area contributed by atoms with E-state index in [0.29, 0.717) is 5.16 Å². The lowest BCUT2D eigenvalue weighted by Gasteiger charge is -2.08. The molecule has 1 saturated carbocycles. The minimum absolute atomic E-state index is 0.00611. The van der Waals surface area contributed by atoms with Gasteiger partial charge in [-0.25, -0.2) is 9.37 Å². The molecule has 1 fully saturated rings. The number of H-pyrrole nitrogens is 1. The van der Waals surface area contributed by atoms with Gasteiger partial charge in [0.15, 0.2) is 16.1 Å². The van der Waals surface area contributed by atoms with Gasteiger partial charge in [0.2, 0.25) is 5.88 Å². The number of thioether (sulfide) groups is 1. The molecule has 0 unspecified atom stereocenters. The first-order valence-electron chi connectivity index (χ1n) is 5.60. The van der Waals surface area contributed by atoms with E-state index in [1.807, 2.05) is 0 Å². The van der Waals surface area contributed by atoms with Crippen molar-refractivity contribution in [3.63, 3.8) is 0 Å². The van der Waals surface area contributed by atoms with E-state index in [2.05, 4.69) is 15.0 Å². The van der Waals surface area contributed by atoms with Crippen molar-refractivity contribution in [1.29, 1.82) is 0 Å². The molecule has 3 rings (SSSR count). The summed E-state index contributed by atoms with van der Waals surface area (Å²) in [5, 5.41) is -0.0176. The van der Waals surface area contributed by atoms with E-state index in [-0.39, 0.29) is 28.0 Å². The Bertz CT molecular complexity index is 717. The summed E-state index contributed by atoms with van der Waals surface area (Å²) in [4.78, 5) is 22.4. The van der Waals surface area contributed by atoms with E-state index in [1.165, 1.54) is 11.8 Å². The number of halogens is 2. The number of hydrogen-bond acceptors (Lipinski definition) is 5. The second-order valence-corrected chi connectivity index (χ2v) is 5.29. The molecule has 2 aromatic heterocycles. The minimum Gasteiger partial charge on any atom is -0.474 e. The Balaban J connectivity index is 2.31. The van der Waals surface area contributed by atoms with Gasteiger partial charge in [0.25, 0.3) is 5.56 Å². The Morgan fingerprint density at radius 2 is 2.21 bits per heavy atom. The van der Waals surface area contributed by atoms with Crippen molar-refractivity contribution in [3.8, 4) is 5.88 Å². The molecule has 0 aromatic carbocycles. The fourth-order valence-corrected chi connectivity index (χ4v) is 2.17. The number of hydrogen-bond donors (Lipinski definition) is 1. The van der Waals surface area contributed by atoms with Crippen molar-refractivity contribution in [2.24, 2.45) is 0 Å². The van der Waals surface area contributed by atoms with Crippen molar-refractivity contribution in [3.05, 3.63) is 21.3 Å². The average Bonchev–Trinajstić information content (AvgIpc) is 3.18. The molecule has 19 heavy (non-hydrogen) atoms. The first-order valence-corrected chi connectivity index (χ1v) is 7.20. The molecule has 2 heterocycles. The standard InChI is InChI=1S/C11H9ClFN3O2S/c1-19-11-14-7-5(9(17)16-11)10(18-4-2-3-4)15-8(12)6(7)13/h4H,2-3H2,1H3,(H,14,16,17). The molecule has 0 bridgehead atoms. The van der Waals surface area contributed by atoms with Crippen LogP contribution in [-0.4, -0.2) is 27.3 Å². The second kappa shape index (κ2) is 4.64. The van der Waals surface area contributed by atoms with Crippen LogP contribution in [0.2, 0.25) is 5.15 Å². The molecule has 0 aliphatic heterocycles. The van der Waals surface area contributed by atoms with Crippen LogP contribution in [0.15, 0.2) is 9.95 Å². The van der Waals surface area contributed by atoms with E-state index in [0.717, 1.165) is 12.8 Å². The summed E-state index contributed by atoms with van der Waals surface area (Å²) >= 11 is 6.93. The predicted octanol–water partition coefficient (Wildman–Crippen LogP) is 2.37. The van der Waals surface area contributed by atoms with Crippen LogP contribution in [0, 0.1) is 5.82 Å². The highest BCUT2D eigenvalue weighted by molar-refractivity contribution is 7.98. The third-order valence-electron chi connectivity index (χ3n) is 2.70. The van der Waals surface area contributed by atoms with Gasteiger partial charge in [-0.3, -0.25) is 4.79 Å². The molecule has 1 aliphatic carbocycles. The average molecular weight is 302 g/mol. The Kier molecular flexibility index (Phi) is 3.10. The first-order chi connectivity index (χ1) is 9.10. The zero-order chi connectivity index (χ0) is 13.6. The van der Waals surface area contributed by atoms with Crippen LogP contribution in [0.25, 0.3) is 10.9 Å². The normalized spacial score (nSPS) is 14.9. The zero-order valence-corrected chi connectivity index (χ0v) is 11.4. The summed E-state index contributed by atoms with van der Waals surface area (Å²) in [6.45, 7) is 0. The van der Waals surface area contributed by atoms with E-state index >= 15 is 0 Å². The fourth-order valence-electron chi connectivity index (χ4n) is 1.63. The number of nitrogens with zero attached hydrogens (tertiary/aromatic N) is 2. The van der Waals surface area contributed by atoms with Crippen LogP contribution in [0.4, 0.5) is 4.39 Å². The summed E-state index contributed by atoms with van der Waals surface area (Å²) < 4.78 is 19.5. The fraction of sp³-hybridized carbons (Fsp3) is 0.364. The van der Waals surface area contributed by atoms with Crippen LogP contribution in [0.3, 0.4) is 0 Å². The lowest BCUT2D eigenvalue weighted by molar-refractivity contribution is 0.294. The maximum atomic E-state index is 14.0. The molecule has 1 N–H and O–H groups in total. The Morgan fingerprint density at radius 1 is 1.47 bits per heavy atom. The zero-order valence-electron chi connectivity index (χ0n) is 9.87. The number of pyridine rings is 1. The quantitative estimate of drug-likeness (QED) is 0.535. The summed E-state index contributed by atoms with van der Waals surface area (Å²) in [7, 11) is 0. The molecule has 0 saturated heterocycles. The number of nitrogens with one attached hydrogen (secondary N) is 1. The van der Waals surface area contributed by atoms with Gasteiger partial charge in [0.05, 0.1) is 0 Å². The molecular weight excluding hydrogens is 293 g/mol. The molecule has 0 amide bonds. The van der Waals surface area contributed by atoms with E-state index in [4.69, 9.17) is 16.3 Å². The maximum absolute atomic E-state index is 14.0. The van der Waals surface area contributed by atoms with Crippen molar-refractivity contribution in [1.82, 2.24) is 15.0 Å². The molecule has 2 aromatic rings. The summed E-state index contributed by atoms with van der Waals surface area (Å²) in [6, 6.07) is 0. The van der Waals surface area contributed by atoms with E-state index < -0.39 is 11.4 Å². The third-order valence-corrected chi connectivity index (χ3v) is 3.53. The maximum Gasteiger partial charge on any atom is 0.265 e. The smallest absolute Gasteiger partial charge is 0.265 e. The van der Waals surface area contributed by atoms with Gasteiger partial charge in [0, 0.05) is 0 Å². The molecule has 0 radical (unpaired) electrons. The topological polar surface area (TPSA) is 67.9 Å². The van der Waals surface area contributed by atoms with Crippen LogP contribution in [-0.2, 0) is 0 Å². The highest BCUT2D eigenvalue weighted by Gasteiger charge is 2.27. The number of aromatic amines is 1.